The summed E-state index contributed by atoms with van der Waals surface area (Å²) in [6.07, 6.45) is 6.06. The largest absolute Gasteiger partial charge is 0.397 e. The van der Waals surface area contributed by atoms with E-state index < -0.39 is 0 Å². The van der Waals surface area contributed by atoms with Gasteiger partial charge >= 0.3 is 0 Å². The Labute approximate surface area is 332 Å². The highest BCUT2D eigenvalue weighted by molar-refractivity contribution is 5.95. The van der Waals surface area contributed by atoms with Gasteiger partial charge in [0.1, 0.15) is 0 Å². The SMILES string of the molecule is N#Cc1ccc(C2=C(c3nc(-c4ccccc4)nc(-c4cccc(-c5cccc(N(Cc6cccc7ccccc67)c6ccccc6N)c5)c4)n3)C=CCC2)cc1. The van der Waals surface area contributed by atoms with E-state index in [9.17, 15) is 5.26 Å². The molecule has 1 aliphatic carbocycles. The second-order valence-corrected chi connectivity index (χ2v) is 14.1. The number of nitriles is 1. The molecule has 2 N–H and O–H groups in total. The molecule has 272 valence electrons. The minimum atomic E-state index is 0.595. The maximum Gasteiger partial charge on any atom is 0.164 e. The van der Waals surface area contributed by atoms with Crippen molar-refractivity contribution in [3.05, 3.63) is 205 Å². The number of hydrogen-bond donors (Lipinski definition) is 1. The standard InChI is InChI=1S/C51H38N6/c52-33-35-27-29-37(30-28-35)45-23-6-7-24-46(45)51-55-49(38-14-2-1-3-15-38)54-50(56-51)41-19-11-17-39(31-41)40-18-12-21-43(32-40)57(48-26-9-8-25-47(48)53)34-42-20-10-16-36-13-4-5-22-44(36)42/h1-5,7-22,24-32H,6,23,34,53H2. The van der Waals surface area contributed by atoms with Crippen LogP contribution in [0.3, 0.4) is 0 Å². The van der Waals surface area contributed by atoms with Crippen molar-refractivity contribution in [1.29, 1.82) is 5.26 Å². The molecule has 0 saturated carbocycles. The molecule has 0 radical (unpaired) electrons. The normalized spacial score (nSPS) is 12.4. The molecule has 1 aliphatic rings. The van der Waals surface area contributed by atoms with Gasteiger partial charge in [0.05, 0.1) is 23.0 Å². The Kier molecular flexibility index (Phi) is 9.62. The number of allylic oxidation sites excluding steroid dienone is 4. The van der Waals surface area contributed by atoms with Crippen LogP contribution in [0.2, 0.25) is 0 Å². The van der Waals surface area contributed by atoms with Crippen LogP contribution < -0.4 is 10.6 Å². The van der Waals surface area contributed by atoms with Crippen molar-refractivity contribution < 1.29 is 0 Å². The molecular formula is C51H38N6. The fourth-order valence-corrected chi connectivity index (χ4v) is 7.60. The monoisotopic (exact) mass is 734 g/mol. The molecule has 0 atom stereocenters. The molecule has 6 nitrogen and oxygen atoms in total. The maximum absolute atomic E-state index is 9.41. The quantitative estimate of drug-likeness (QED) is 0.148. The maximum atomic E-state index is 9.41. The third kappa shape index (κ3) is 7.30. The zero-order chi connectivity index (χ0) is 38.6. The molecule has 1 heterocycles. The third-order valence-electron chi connectivity index (χ3n) is 10.5. The van der Waals surface area contributed by atoms with Gasteiger partial charge in [0.25, 0.3) is 0 Å². The predicted octanol–water partition coefficient (Wildman–Crippen LogP) is 12.1. The van der Waals surface area contributed by atoms with Crippen LogP contribution in [-0.2, 0) is 6.54 Å². The molecule has 0 bridgehead atoms. The summed E-state index contributed by atoms with van der Waals surface area (Å²) in [5, 5.41) is 11.8. The highest BCUT2D eigenvalue weighted by Crippen LogP contribution is 2.38. The van der Waals surface area contributed by atoms with E-state index in [0.717, 1.165) is 68.9 Å². The Morgan fingerprint density at radius 3 is 2.05 bits per heavy atom. The Balaban J connectivity index is 1.13. The Morgan fingerprint density at radius 1 is 0.579 bits per heavy atom. The summed E-state index contributed by atoms with van der Waals surface area (Å²) in [7, 11) is 0. The zero-order valence-corrected chi connectivity index (χ0v) is 31.3. The number of nitrogens with two attached hydrogens (primary N) is 1. The van der Waals surface area contributed by atoms with Crippen molar-refractivity contribution in [2.75, 3.05) is 10.6 Å². The van der Waals surface area contributed by atoms with Crippen molar-refractivity contribution in [1.82, 2.24) is 15.0 Å². The van der Waals surface area contributed by atoms with Crippen molar-refractivity contribution in [2.24, 2.45) is 0 Å². The summed E-state index contributed by atoms with van der Waals surface area (Å²) in [6, 6.07) is 60.1. The van der Waals surface area contributed by atoms with E-state index in [2.05, 4.69) is 120 Å². The lowest BCUT2D eigenvalue weighted by molar-refractivity contribution is 0.986. The van der Waals surface area contributed by atoms with Crippen LogP contribution in [0.15, 0.2) is 182 Å². The minimum Gasteiger partial charge on any atom is -0.397 e. The number of fused-ring (bicyclic) bond motifs is 1. The van der Waals surface area contributed by atoms with Crippen molar-refractivity contribution in [2.45, 2.75) is 19.4 Å². The molecule has 0 unspecified atom stereocenters. The molecule has 9 rings (SSSR count). The number of benzene rings is 7. The lowest BCUT2D eigenvalue weighted by Gasteiger charge is -2.27. The zero-order valence-electron chi connectivity index (χ0n) is 31.3. The van der Waals surface area contributed by atoms with E-state index in [1.54, 1.807) is 0 Å². The van der Waals surface area contributed by atoms with E-state index in [-0.39, 0.29) is 0 Å². The van der Waals surface area contributed by atoms with Crippen molar-refractivity contribution in [3.63, 3.8) is 0 Å². The lowest BCUT2D eigenvalue weighted by Crippen LogP contribution is -2.18. The Morgan fingerprint density at radius 2 is 1.23 bits per heavy atom. The van der Waals surface area contributed by atoms with E-state index in [1.807, 2.05) is 72.8 Å². The van der Waals surface area contributed by atoms with Crippen LogP contribution in [0.1, 0.15) is 35.4 Å². The van der Waals surface area contributed by atoms with E-state index >= 15 is 0 Å². The molecule has 7 aromatic carbocycles. The molecule has 0 spiro atoms. The number of para-hydroxylation sites is 2. The van der Waals surface area contributed by atoms with Crippen molar-refractivity contribution >= 4 is 39.0 Å². The van der Waals surface area contributed by atoms with Crippen LogP contribution in [0.5, 0.6) is 0 Å². The summed E-state index contributed by atoms with van der Waals surface area (Å²) < 4.78 is 0. The van der Waals surface area contributed by atoms with Crippen molar-refractivity contribution in [3.8, 4) is 40.0 Å². The van der Waals surface area contributed by atoms with Gasteiger partial charge in [0.15, 0.2) is 17.5 Å². The van der Waals surface area contributed by atoms with Crippen LogP contribution in [0, 0.1) is 11.3 Å². The lowest BCUT2D eigenvalue weighted by atomic mass is 9.90. The Bertz CT molecular complexity index is 2850. The van der Waals surface area contributed by atoms with Crippen LogP contribution >= 0.6 is 0 Å². The molecule has 0 saturated heterocycles. The number of nitrogens with zero attached hydrogens (tertiary/aromatic N) is 5. The molecule has 1 aromatic heterocycles. The van der Waals surface area contributed by atoms with Gasteiger partial charge in [-0.3, -0.25) is 0 Å². The first-order valence-corrected chi connectivity index (χ1v) is 19.1. The Hall–Kier alpha value is -7.62. The molecule has 0 aliphatic heterocycles. The highest BCUT2D eigenvalue weighted by Gasteiger charge is 2.20. The topological polar surface area (TPSA) is 91.7 Å². The molecule has 0 amide bonds. The summed E-state index contributed by atoms with van der Waals surface area (Å²) in [6.45, 7) is 0.643. The highest BCUT2D eigenvalue weighted by atomic mass is 15.1. The van der Waals surface area contributed by atoms with Gasteiger partial charge in [-0.2, -0.15) is 5.26 Å². The number of nitrogen functional groups attached to an aromatic ring is 1. The molecule has 57 heavy (non-hydrogen) atoms. The fourth-order valence-electron chi connectivity index (χ4n) is 7.60. The predicted molar refractivity (Wildman–Crippen MR) is 233 cm³/mol. The van der Waals surface area contributed by atoms with Crippen LogP contribution in [0.25, 0.3) is 55.8 Å². The first-order chi connectivity index (χ1) is 28.1. The van der Waals surface area contributed by atoms with Gasteiger partial charge in [-0.1, -0.05) is 140 Å². The number of aromatic nitrogens is 3. The average molecular weight is 735 g/mol. The van der Waals surface area contributed by atoms with E-state index in [1.165, 1.54) is 16.3 Å². The van der Waals surface area contributed by atoms with Gasteiger partial charge in [0.2, 0.25) is 0 Å². The summed E-state index contributed by atoms with van der Waals surface area (Å²) >= 11 is 0. The fraction of sp³-hybridized carbons (Fsp3) is 0.0588. The molecule has 6 heteroatoms. The molecular weight excluding hydrogens is 697 g/mol. The third-order valence-corrected chi connectivity index (χ3v) is 10.5. The van der Waals surface area contributed by atoms with Crippen LogP contribution in [-0.4, -0.2) is 15.0 Å². The second-order valence-electron chi connectivity index (χ2n) is 14.1. The van der Waals surface area contributed by atoms with Gasteiger partial charge in [-0.05, 0) is 93.9 Å². The second kappa shape index (κ2) is 15.6. The number of anilines is 3. The molecule has 0 fully saturated rings. The average Bonchev–Trinajstić information content (AvgIpc) is 3.29. The first-order valence-electron chi connectivity index (χ1n) is 19.1. The van der Waals surface area contributed by atoms with E-state index in [0.29, 0.717) is 29.6 Å². The van der Waals surface area contributed by atoms with E-state index in [4.69, 9.17) is 20.7 Å². The van der Waals surface area contributed by atoms with Crippen LogP contribution in [0.4, 0.5) is 17.1 Å². The van der Waals surface area contributed by atoms with Gasteiger partial charge < -0.3 is 10.6 Å². The summed E-state index contributed by atoms with van der Waals surface area (Å²) in [5.41, 5.74) is 18.3. The molecule has 8 aromatic rings. The summed E-state index contributed by atoms with van der Waals surface area (Å²) in [5.74, 6) is 1.82. The number of hydrogen-bond acceptors (Lipinski definition) is 6. The van der Waals surface area contributed by atoms with Gasteiger partial charge in [0, 0.05) is 28.9 Å². The minimum absolute atomic E-state index is 0.595. The van der Waals surface area contributed by atoms with Gasteiger partial charge in [-0.25, -0.2) is 15.0 Å². The van der Waals surface area contributed by atoms with Gasteiger partial charge in [-0.15, -0.1) is 0 Å². The number of rotatable bonds is 9. The first kappa shape index (κ1) is 35.1. The smallest absolute Gasteiger partial charge is 0.164 e. The summed E-state index contributed by atoms with van der Waals surface area (Å²) in [4.78, 5) is 17.6.